The van der Waals surface area contributed by atoms with Crippen molar-refractivity contribution in [2.45, 2.75) is 19.6 Å². The molecule has 0 saturated carbocycles. The number of pyridine rings is 2. The van der Waals surface area contributed by atoms with Gasteiger partial charge in [-0.3, -0.25) is 4.98 Å². The number of aromatic nitrogens is 2. The lowest BCUT2D eigenvalue weighted by atomic mass is 10.3. The zero-order valence-electron chi connectivity index (χ0n) is 11.9. The minimum atomic E-state index is -1.07. The zero-order chi connectivity index (χ0) is 17.0. The molecule has 1 atom stereocenters. The number of rotatable bonds is 5. The Morgan fingerprint density at radius 2 is 2.17 bits per heavy atom. The van der Waals surface area contributed by atoms with Crippen molar-refractivity contribution in [3.8, 4) is 5.88 Å². The molecule has 122 valence electrons. The molecule has 0 radical (unpaired) electrons. The summed E-state index contributed by atoms with van der Waals surface area (Å²) in [6.45, 7) is 1.44. The molecule has 0 fully saturated rings. The van der Waals surface area contributed by atoms with Crippen LogP contribution in [0.5, 0.6) is 5.88 Å². The van der Waals surface area contributed by atoms with Crippen molar-refractivity contribution in [1.82, 2.24) is 9.97 Å². The number of hydrogen-bond donors (Lipinski definition) is 1. The summed E-state index contributed by atoms with van der Waals surface area (Å²) in [5.41, 5.74) is 6.02. The number of carbonyl (C=O) groups excluding carboxylic acids is 1. The molecule has 6 nitrogen and oxygen atoms in total. The highest BCUT2D eigenvalue weighted by molar-refractivity contribution is 6.39. The van der Waals surface area contributed by atoms with Gasteiger partial charge < -0.3 is 15.2 Å². The highest BCUT2D eigenvalue weighted by Gasteiger charge is 2.22. The lowest BCUT2D eigenvalue weighted by molar-refractivity contribution is -0.152. The van der Waals surface area contributed by atoms with Gasteiger partial charge in [0.2, 0.25) is 11.8 Å². The van der Waals surface area contributed by atoms with Crippen molar-refractivity contribution < 1.29 is 18.7 Å². The monoisotopic (exact) mass is 359 g/mol. The number of anilines is 1. The molecule has 0 unspecified atom stereocenters. The number of nitrogens with zero attached hydrogens (tertiary/aromatic N) is 2. The molecule has 23 heavy (non-hydrogen) atoms. The highest BCUT2D eigenvalue weighted by atomic mass is 35.5. The number of hydrogen-bond acceptors (Lipinski definition) is 6. The normalized spacial score (nSPS) is 11.8. The van der Waals surface area contributed by atoms with Crippen LogP contribution in [0.1, 0.15) is 12.5 Å². The lowest BCUT2D eigenvalue weighted by Crippen LogP contribution is -2.26. The van der Waals surface area contributed by atoms with Crippen LogP contribution in [-0.2, 0) is 16.1 Å². The number of halogens is 3. The number of nitrogen functional groups attached to an aromatic ring is 1. The van der Waals surface area contributed by atoms with Gasteiger partial charge in [0, 0.05) is 18.0 Å². The van der Waals surface area contributed by atoms with Crippen molar-refractivity contribution >= 4 is 34.9 Å². The van der Waals surface area contributed by atoms with E-state index >= 15 is 0 Å². The summed E-state index contributed by atoms with van der Waals surface area (Å²) in [6, 6.07) is 3.46. The van der Waals surface area contributed by atoms with Crippen LogP contribution in [0, 0.1) is 5.95 Å². The number of esters is 1. The summed E-state index contributed by atoms with van der Waals surface area (Å²) < 4.78 is 23.7. The summed E-state index contributed by atoms with van der Waals surface area (Å²) in [5.74, 6) is -2.06. The molecule has 2 N–H and O–H groups in total. The summed E-state index contributed by atoms with van der Waals surface area (Å²) in [5, 5.41) is -0.586. The molecule has 2 rings (SSSR count). The molecule has 0 aromatic carbocycles. The Kier molecular flexibility index (Phi) is 5.57. The Morgan fingerprint density at radius 3 is 2.83 bits per heavy atom. The van der Waals surface area contributed by atoms with E-state index < -0.39 is 23.0 Å². The van der Waals surface area contributed by atoms with Gasteiger partial charge in [0.05, 0.1) is 5.69 Å². The topological polar surface area (TPSA) is 87.3 Å². The molecular formula is C14H12Cl2FN3O3. The van der Waals surface area contributed by atoms with Crippen molar-refractivity contribution in [3.63, 3.8) is 0 Å². The van der Waals surface area contributed by atoms with E-state index in [-0.39, 0.29) is 23.2 Å². The molecule has 0 bridgehead atoms. The van der Waals surface area contributed by atoms with Gasteiger partial charge >= 0.3 is 5.97 Å². The third-order valence-corrected chi connectivity index (χ3v) is 3.49. The second-order valence-corrected chi connectivity index (χ2v) is 5.23. The number of ether oxygens (including phenoxy) is 2. The van der Waals surface area contributed by atoms with E-state index in [2.05, 4.69) is 9.97 Å². The molecule has 0 saturated heterocycles. The van der Waals surface area contributed by atoms with Gasteiger partial charge in [-0.25, -0.2) is 4.79 Å². The summed E-state index contributed by atoms with van der Waals surface area (Å²) in [7, 11) is 0. The third kappa shape index (κ3) is 4.20. The first-order chi connectivity index (χ1) is 10.9. The smallest absolute Gasteiger partial charge is 0.347 e. The van der Waals surface area contributed by atoms with Crippen LogP contribution in [0.25, 0.3) is 0 Å². The second-order valence-electron chi connectivity index (χ2n) is 4.48. The van der Waals surface area contributed by atoms with Crippen LogP contribution in [0.4, 0.5) is 10.1 Å². The Labute approximate surface area is 141 Å². The van der Waals surface area contributed by atoms with Crippen LogP contribution in [0.2, 0.25) is 10.0 Å². The lowest BCUT2D eigenvalue weighted by Gasteiger charge is -2.15. The van der Waals surface area contributed by atoms with E-state index in [0.717, 1.165) is 0 Å². The van der Waals surface area contributed by atoms with Crippen molar-refractivity contribution in [3.05, 3.63) is 46.1 Å². The van der Waals surface area contributed by atoms with Crippen LogP contribution >= 0.6 is 23.2 Å². The maximum atomic E-state index is 13.5. The van der Waals surface area contributed by atoms with Crippen LogP contribution < -0.4 is 10.5 Å². The fourth-order valence-electron chi connectivity index (χ4n) is 1.56. The fourth-order valence-corrected chi connectivity index (χ4v) is 1.93. The maximum Gasteiger partial charge on any atom is 0.347 e. The number of carbonyl (C=O) groups is 1. The Bertz CT molecular complexity index is 716. The van der Waals surface area contributed by atoms with E-state index in [1.807, 2.05) is 0 Å². The van der Waals surface area contributed by atoms with Crippen LogP contribution in [0.15, 0.2) is 24.5 Å². The van der Waals surface area contributed by atoms with Crippen molar-refractivity contribution in [2.24, 2.45) is 0 Å². The van der Waals surface area contributed by atoms with Gasteiger partial charge in [0.25, 0.3) is 0 Å². The summed E-state index contributed by atoms with van der Waals surface area (Å²) in [6.07, 6.45) is 2.09. The van der Waals surface area contributed by atoms with Gasteiger partial charge in [-0.05, 0) is 13.0 Å². The predicted molar refractivity (Wildman–Crippen MR) is 82.8 cm³/mol. The maximum absolute atomic E-state index is 13.5. The predicted octanol–water partition coefficient (Wildman–Crippen LogP) is 3.02. The Balaban J connectivity index is 2.01. The van der Waals surface area contributed by atoms with E-state index in [4.69, 9.17) is 38.4 Å². The molecular weight excluding hydrogens is 348 g/mol. The first-order valence-electron chi connectivity index (χ1n) is 6.42. The van der Waals surface area contributed by atoms with Gasteiger partial charge in [-0.1, -0.05) is 29.3 Å². The molecule has 0 amide bonds. The molecule has 9 heteroatoms. The van der Waals surface area contributed by atoms with E-state index in [1.165, 1.54) is 6.92 Å². The first-order valence-corrected chi connectivity index (χ1v) is 7.18. The van der Waals surface area contributed by atoms with E-state index in [0.29, 0.717) is 5.56 Å². The molecule has 2 heterocycles. The molecule has 0 aliphatic rings. The van der Waals surface area contributed by atoms with Crippen LogP contribution in [-0.4, -0.2) is 22.0 Å². The molecule has 2 aromatic heterocycles. The Hall–Kier alpha value is -2.12. The molecule has 0 spiro atoms. The molecule has 0 aliphatic heterocycles. The van der Waals surface area contributed by atoms with Crippen molar-refractivity contribution in [2.75, 3.05) is 5.73 Å². The molecule has 0 aliphatic carbocycles. The first kappa shape index (κ1) is 17.2. The molecule has 2 aromatic rings. The average Bonchev–Trinajstić information content (AvgIpc) is 2.56. The summed E-state index contributed by atoms with van der Waals surface area (Å²) in [4.78, 5) is 19.2. The van der Waals surface area contributed by atoms with Gasteiger partial charge in [-0.2, -0.15) is 9.37 Å². The minimum absolute atomic E-state index is 0.0264. The summed E-state index contributed by atoms with van der Waals surface area (Å²) >= 11 is 11.4. The van der Waals surface area contributed by atoms with Gasteiger partial charge in [0.1, 0.15) is 16.7 Å². The fraction of sp³-hybridized carbons (Fsp3) is 0.214. The average molecular weight is 360 g/mol. The minimum Gasteiger partial charge on any atom is -0.461 e. The van der Waals surface area contributed by atoms with Crippen LogP contribution in [0.3, 0.4) is 0 Å². The van der Waals surface area contributed by atoms with Gasteiger partial charge in [0.15, 0.2) is 6.10 Å². The quantitative estimate of drug-likeness (QED) is 0.652. The van der Waals surface area contributed by atoms with Crippen molar-refractivity contribution in [1.29, 1.82) is 0 Å². The van der Waals surface area contributed by atoms with Gasteiger partial charge in [-0.15, -0.1) is 0 Å². The SMILES string of the molecule is C[C@@H](Oc1nc(F)c(Cl)c(N)c1Cl)C(=O)OCc1cccnc1. The second kappa shape index (κ2) is 7.43. The zero-order valence-corrected chi connectivity index (χ0v) is 13.4. The largest absolute Gasteiger partial charge is 0.461 e. The Morgan fingerprint density at radius 1 is 1.43 bits per heavy atom. The van der Waals surface area contributed by atoms with E-state index in [9.17, 15) is 9.18 Å². The highest BCUT2D eigenvalue weighted by Crippen LogP contribution is 2.35. The number of nitrogens with two attached hydrogens (primary N) is 1. The van der Waals surface area contributed by atoms with E-state index in [1.54, 1.807) is 24.5 Å². The standard InChI is InChI=1S/C14H12Cl2FN3O3/c1-7(14(21)22-6-8-3-2-4-19-5-8)23-13-10(16)11(18)9(15)12(17)20-13/h2-5,7H,6H2,1H3,(H2,18,20)/t7-/m1/s1. The third-order valence-electron chi connectivity index (χ3n) is 2.77.